The maximum Gasteiger partial charge on any atom is 0.306 e. The number of nitrogens with zero attached hydrogens (tertiary/aromatic N) is 4. The van der Waals surface area contributed by atoms with Gasteiger partial charge in [0.1, 0.15) is 0 Å². The number of ether oxygens (including phenoxy) is 2. The van der Waals surface area contributed by atoms with Crippen LogP contribution in [0.15, 0.2) is 42.9 Å². The van der Waals surface area contributed by atoms with Gasteiger partial charge in [-0.2, -0.15) is 4.98 Å². The van der Waals surface area contributed by atoms with Crippen LogP contribution in [0, 0.1) is 6.92 Å². The predicted octanol–water partition coefficient (Wildman–Crippen LogP) is 3.49. The molecule has 8 nitrogen and oxygen atoms in total. The number of hydrogen-bond donors (Lipinski definition) is 1. The number of anilines is 2. The summed E-state index contributed by atoms with van der Waals surface area (Å²) in [5.41, 5.74) is 4.29. The molecule has 3 rings (SSSR count). The van der Waals surface area contributed by atoms with Gasteiger partial charge >= 0.3 is 5.97 Å². The summed E-state index contributed by atoms with van der Waals surface area (Å²) >= 11 is 0. The van der Waals surface area contributed by atoms with Crippen LogP contribution in [-0.2, 0) is 16.0 Å². The van der Waals surface area contributed by atoms with Crippen molar-refractivity contribution in [3.63, 3.8) is 0 Å². The van der Waals surface area contributed by atoms with Crippen LogP contribution in [0.1, 0.15) is 24.6 Å². The summed E-state index contributed by atoms with van der Waals surface area (Å²) in [5, 5.41) is 3.18. The van der Waals surface area contributed by atoms with Gasteiger partial charge in [-0.25, -0.2) is 4.98 Å². The quantitative estimate of drug-likeness (QED) is 0.581. The number of aromatic nitrogens is 4. The summed E-state index contributed by atoms with van der Waals surface area (Å²) in [6, 6.07) is 7.66. The second-order valence-electron chi connectivity index (χ2n) is 6.33. The lowest BCUT2D eigenvalue weighted by Crippen LogP contribution is -2.06. The zero-order valence-electron chi connectivity index (χ0n) is 16.7. The molecular formula is C21H23N5O3. The van der Waals surface area contributed by atoms with Gasteiger partial charge in [0.2, 0.25) is 11.8 Å². The highest BCUT2D eigenvalue weighted by molar-refractivity contribution is 5.70. The van der Waals surface area contributed by atoms with Crippen LogP contribution in [0.2, 0.25) is 0 Å². The summed E-state index contributed by atoms with van der Waals surface area (Å²) in [4.78, 5) is 28.9. The lowest BCUT2D eigenvalue weighted by Gasteiger charge is -2.10. The number of rotatable bonds is 8. The minimum Gasteiger partial charge on any atom is -0.481 e. The fraction of sp³-hybridized carbons (Fsp3) is 0.286. The van der Waals surface area contributed by atoms with Crippen LogP contribution in [-0.4, -0.2) is 39.6 Å². The molecule has 29 heavy (non-hydrogen) atoms. The van der Waals surface area contributed by atoms with E-state index in [-0.39, 0.29) is 5.97 Å². The number of methoxy groups -OCH3 is 1. The number of hydrogen-bond acceptors (Lipinski definition) is 8. The molecule has 0 spiro atoms. The first-order chi connectivity index (χ1) is 14.1. The molecule has 0 unspecified atom stereocenters. The van der Waals surface area contributed by atoms with E-state index in [9.17, 15) is 4.79 Å². The molecule has 2 aromatic heterocycles. The smallest absolute Gasteiger partial charge is 0.306 e. The van der Waals surface area contributed by atoms with Crippen molar-refractivity contribution in [1.82, 2.24) is 19.9 Å². The maximum absolute atomic E-state index is 11.5. The van der Waals surface area contributed by atoms with Crippen molar-refractivity contribution in [3.05, 3.63) is 54.1 Å². The summed E-state index contributed by atoms with van der Waals surface area (Å²) in [7, 11) is 1.56. The van der Waals surface area contributed by atoms with Gasteiger partial charge in [0, 0.05) is 36.1 Å². The predicted molar refractivity (Wildman–Crippen MR) is 109 cm³/mol. The molecular weight excluding hydrogens is 370 g/mol. The van der Waals surface area contributed by atoms with Gasteiger partial charge in [0.15, 0.2) is 0 Å². The van der Waals surface area contributed by atoms with E-state index in [0.29, 0.717) is 31.3 Å². The summed E-state index contributed by atoms with van der Waals surface area (Å²) in [6.45, 7) is 4.17. The third-order valence-electron chi connectivity index (χ3n) is 4.06. The number of esters is 1. The van der Waals surface area contributed by atoms with Crippen molar-refractivity contribution in [1.29, 1.82) is 0 Å². The molecule has 3 aromatic rings. The molecule has 0 fully saturated rings. The van der Waals surface area contributed by atoms with Crippen molar-refractivity contribution in [2.75, 3.05) is 19.0 Å². The molecule has 0 radical (unpaired) electrons. The van der Waals surface area contributed by atoms with Gasteiger partial charge in [-0.1, -0.05) is 0 Å². The third-order valence-corrected chi connectivity index (χ3v) is 4.06. The average Bonchev–Trinajstić information content (AvgIpc) is 2.72. The van der Waals surface area contributed by atoms with Gasteiger partial charge in [-0.3, -0.25) is 14.8 Å². The topological polar surface area (TPSA) is 99.1 Å². The Kier molecular flexibility index (Phi) is 6.67. The van der Waals surface area contributed by atoms with Gasteiger partial charge in [-0.15, -0.1) is 0 Å². The molecule has 1 aromatic carbocycles. The van der Waals surface area contributed by atoms with E-state index in [1.54, 1.807) is 38.7 Å². The van der Waals surface area contributed by atoms with Gasteiger partial charge in [0.25, 0.3) is 0 Å². The van der Waals surface area contributed by atoms with E-state index >= 15 is 0 Å². The fourth-order valence-corrected chi connectivity index (χ4v) is 2.74. The van der Waals surface area contributed by atoms with Crippen LogP contribution in [0.4, 0.5) is 11.6 Å². The van der Waals surface area contributed by atoms with E-state index in [4.69, 9.17) is 9.47 Å². The van der Waals surface area contributed by atoms with E-state index in [1.807, 2.05) is 25.1 Å². The van der Waals surface area contributed by atoms with Crippen molar-refractivity contribution in [2.45, 2.75) is 26.7 Å². The highest BCUT2D eigenvalue weighted by Gasteiger charge is 2.08. The Hall–Kier alpha value is -3.55. The van der Waals surface area contributed by atoms with Crippen molar-refractivity contribution in [3.8, 4) is 17.1 Å². The molecule has 0 aliphatic rings. The van der Waals surface area contributed by atoms with E-state index in [1.165, 1.54) is 0 Å². The van der Waals surface area contributed by atoms with Crippen molar-refractivity contribution in [2.24, 2.45) is 0 Å². The number of aryl methyl sites for hydroxylation is 2. The zero-order valence-corrected chi connectivity index (χ0v) is 16.7. The van der Waals surface area contributed by atoms with Crippen LogP contribution in [0.5, 0.6) is 5.88 Å². The minimum atomic E-state index is -0.229. The summed E-state index contributed by atoms with van der Waals surface area (Å²) in [5.74, 6) is 0.702. The van der Waals surface area contributed by atoms with Crippen LogP contribution in [0.25, 0.3) is 11.3 Å². The van der Waals surface area contributed by atoms with Gasteiger partial charge < -0.3 is 14.8 Å². The molecule has 0 aliphatic carbocycles. The third kappa shape index (κ3) is 5.71. The first kappa shape index (κ1) is 20.2. The largest absolute Gasteiger partial charge is 0.481 e. The van der Waals surface area contributed by atoms with E-state index in [2.05, 4.69) is 25.3 Å². The molecule has 0 saturated heterocycles. The molecule has 1 N–H and O–H groups in total. The molecule has 150 valence electrons. The van der Waals surface area contributed by atoms with Gasteiger partial charge in [-0.05, 0) is 37.6 Å². The number of carbonyl (C=O) groups excluding carboxylic acids is 1. The number of carbonyl (C=O) groups is 1. The normalized spacial score (nSPS) is 10.4. The minimum absolute atomic E-state index is 0.229. The highest BCUT2D eigenvalue weighted by Crippen LogP contribution is 2.25. The Balaban J connectivity index is 1.74. The number of benzene rings is 1. The molecule has 0 aliphatic heterocycles. The summed E-state index contributed by atoms with van der Waals surface area (Å²) < 4.78 is 10.1. The Morgan fingerprint density at radius 3 is 2.72 bits per heavy atom. The molecule has 0 saturated carbocycles. The Morgan fingerprint density at radius 2 is 2.00 bits per heavy atom. The SMILES string of the molecule is CCOC(=O)CCc1cnc(-c2cc(C)cc(Nc3nccc(OC)n3)c2)cn1. The van der Waals surface area contributed by atoms with E-state index in [0.717, 1.165) is 28.2 Å². The summed E-state index contributed by atoms with van der Waals surface area (Å²) in [6.07, 6.45) is 5.82. The molecule has 8 heteroatoms. The van der Waals surface area contributed by atoms with Crippen LogP contribution in [0.3, 0.4) is 0 Å². The number of nitrogens with one attached hydrogen (secondary N) is 1. The van der Waals surface area contributed by atoms with Crippen LogP contribution < -0.4 is 10.1 Å². The standard InChI is InChI=1S/C21H23N5O3/c1-4-29-20(27)6-5-16-12-24-18(13-23-16)15-9-14(2)10-17(11-15)25-21-22-8-7-19(26-21)28-3/h7-13H,4-6H2,1-3H3,(H,22,25,26). The molecule has 0 amide bonds. The Bertz CT molecular complexity index is 976. The maximum atomic E-state index is 11.5. The van der Waals surface area contributed by atoms with Crippen LogP contribution >= 0.6 is 0 Å². The average molecular weight is 393 g/mol. The highest BCUT2D eigenvalue weighted by atomic mass is 16.5. The van der Waals surface area contributed by atoms with Crippen molar-refractivity contribution < 1.29 is 14.3 Å². The van der Waals surface area contributed by atoms with Crippen molar-refractivity contribution >= 4 is 17.6 Å². The first-order valence-corrected chi connectivity index (χ1v) is 9.30. The Labute approximate surface area is 169 Å². The van der Waals surface area contributed by atoms with E-state index < -0.39 is 0 Å². The fourth-order valence-electron chi connectivity index (χ4n) is 2.74. The lowest BCUT2D eigenvalue weighted by atomic mass is 10.1. The second kappa shape index (κ2) is 9.59. The monoisotopic (exact) mass is 393 g/mol. The molecule has 0 atom stereocenters. The lowest BCUT2D eigenvalue weighted by molar-refractivity contribution is -0.143. The Morgan fingerprint density at radius 1 is 1.14 bits per heavy atom. The second-order valence-corrected chi connectivity index (χ2v) is 6.33. The molecule has 2 heterocycles. The first-order valence-electron chi connectivity index (χ1n) is 9.30. The zero-order chi connectivity index (χ0) is 20.6. The molecule has 0 bridgehead atoms. The van der Waals surface area contributed by atoms with Gasteiger partial charge in [0.05, 0.1) is 37.7 Å².